The van der Waals surface area contributed by atoms with Crippen LogP contribution in [0, 0.1) is 5.92 Å². The summed E-state index contributed by atoms with van der Waals surface area (Å²) in [5, 5.41) is 13.2. The third-order valence-corrected chi connectivity index (χ3v) is 5.70. The molecule has 1 heterocycles. The SMILES string of the molecule is O=C(CCCC1CCCCC1)C1=C(O)C(CCc2ccccc2)NC1=O. The van der Waals surface area contributed by atoms with Gasteiger partial charge in [-0.3, -0.25) is 9.59 Å². The molecule has 0 spiro atoms. The van der Waals surface area contributed by atoms with Gasteiger partial charge in [0.15, 0.2) is 5.78 Å². The number of carbonyl (C=O) groups excluding carboxylic acids is 2. The number of carbonyl (C=O) groups is 2. The molecule has 0 aromatic heterocycles. The fraction of sp³-hybridized carbons (Fsp3) is 0.545. The number of hydrogen-bond acceptors (Lipinski definition) is 3. The summed E-state index contributed by atoms with van der Waals surface area (Å²) in [6, 6.07) is 9.51. The van der Waals surface area contributed by atoms with Gasteiger partial charge < -0.3 is 10.4 Å². The Morgan fingerprint density at radius 3 is 2.54 bits per heavy atom. The van der Waals surface area contributed by atoms with E-state index in [4.69, 9.17) is 0 Å². The number of ketones is 1. The average Bonchev–Trinajstić information content (AvgIpc) is 2.95. The minimum absolute atomic E-state index is 0.00768. The van der Waals surface area contributed by atoms with Crippen molar-refractivity contribution in [2.75, 3.05) is 0 Å². The zero-order valence-corrected chi connectivity index (χ0v) is 15.4. The van der Waals surface area contributed by atoms with Crippen LogP contribution in [0.15, 0.2) is 41.7 Å². The molecule has 4 heteroatoms. The molecule has 1 atom stereocenters. The lowest BCUT2D eigenvalue weighted by Crippen LogP contribution is -2.30. The molecule has 1 fully saturated rings. The minimum atomic E-state index is -0.444. The number of Topliss-reactive ketones (excluding diaryl/α,β-unsaturated/α-hetero) is 1. The maximum atomic E-state index is 12.4. The summed E-state index contributed by atoms with van der Waals surface area (Å²) in [7, 11) is 0. The van der Waals surface area contributed by atoms with Crippen molar-refractivity contribution in [3.63, 3.8) is 0 Å². The molecule has 1 saturated carbocycles. The van der Waals surface area contributed by atoms with E-state index in [1.807, 2.05) is 30.3 Å². The fourth-order valence-electron chi connectivity index (χ4n) is 4.18. The molecule has 0 radical (unpaired) electrons. The molecule has 0 bridgehead atoms. The summed E-state index contributed by atoms with van der Waals surface area (Å²) < 4.78 is 0. The van der Waals surface area contributed by atoms with Gasteiger partial charge in [-0.1, -0.05) is 68.9 Å². The number of nitrogens with one attached hydrogen (secondary N) is 1. The summed E-state index contributed by atoms with van der Waals surface area (Å²) in [5.74, 6) is 0.0463. The van der Waals surface area contributed by atoms with E-state index in [9.17, 15) is 14.7 Å². The van der Waals surface area contributed by atoms with E-state index in [1.165, 1.54) is 32.1 Å². The lowest BCUT2D eigenvalue weighted by molar-refractivity contribution is -0.122. The number of hydrogen-bond donors (Lipinski definition) is 2. The molecule has 1 aromatic rings. The standard InChI is InChI=1S/C22H29NO3/c24-19(13-7-12-16-8-3-1-4-9-16)20-21(25)18(23-22(20)26)15-14-17-10-5-2-6-11-17/h2,5-6,10-11,16,18,25H,1,3-4,7-9,12-15H2,(H,23,26). The van der Waals surface area contributed by atoms with Crippen molar-refractivity contribution in [1.29, 1.82) is 0 Å². The van der Waals surface area contributed by atoms with Gasteiger partial charge >= 0.3 is 0 Å². The average molecular weight is 355 g/mol. The van der Waals surface area contributed by atoms with Gasteiger partial charge in [-0.2, -0.15) is 0 Å². The lowest BCUT2D eigenvalue weighted by atomic mass is 9.85. The molecular weight excluding hydrogens is 326 g/mol. The highest BCUT2D eigenvalue weighted by Crippen LogP contribution is 2.28. The number of rotatable bonds is 8. The van der Waals surface area contributed by atoms with Crippen molar-refractivity contribution >= 4 is 11.7 Å². The van der Waals surface area contributed by atoms with Crippen LogP contribution in [0.1, 0.15) is 63.4 Å². The molecule has 1 amide bonds. The van der Waals surface area contributed by atoms with Crippen molar-refractivity contribution in [2.24, 2.45) is 5.92 Å². The van der Waals surface area contributed by atoms with Crippen molar-refractivity contribution in [1.82, 2.24) is 5.32 Å². The van der Waals surface area contributed by atoms with Gasteiger partial charge in [-0.15, -0.1) is 0 Å². The second-order valence-electron chi connectivity index (χ2n) is 7.63. The zero-order chi connectivity index (χ0) is 18.4. The van der Waals surface area contributed by atoms with Crippen LogP contribution >= 0.6 is 0 Å². The Hall–Kier alpha value is -2.10. The molecule has 0 saturated heterocycles. The Morgan fingerprint density at radius 2 is 1.81 bits per heavy atom. The normalized spacial score (nSPS) is 21.1. The highest BCUT2D eigenvalue weighted by Gasteiger charge is 2.35. The van der Waals surface area contributed by atoms with Gasteiger partial charge in [0.2, 0.25) is 0 Å². The monoisotopic (exact) mass is 355 g/mol. The Bertz CT molecular complexity index is 659. The van der Waals surface area contributed by atoms with Crippen LogP contribution < -0.4 is 5.32 Å². The second kappa shape index (κ2) is 9.02. The quantitative estimate of drug-likeness (QED) is 0.685. The highest BCUT2D eigenvalue weighted by molar-refractivity contribution is 6.21. The first kappa shape index (κ1) is 18.7. The summed E-state index contributed by atoms with van der Waals surface area (Å²) in [6.45, 7) is 0. The van der Waals surface area contributed by atoms with Gasteiger partial charge in [0.05, 0.1) is 6.04 Å². The summed E-state index contributed by atoms with van der Waals surface area (Å²) in [5.41, 5.74) is 1.15. The minimum Gasteiger partial charge on any atom is -0.509 e. The van der Waals surface area contributed by atoms with E-state index in [-0.39, 0.29) is 17.1 Å². The number of amides is 1. The van der Waals surface area contributed by atoms with Gasteiger partial charge in [0, 0.05) is 6.42 Å². The first-order chi connectivity index (χ1) is 12.6. The Balaban J connectivity index is 1.50. The predicted octanol–water partition coefficient (Wildman–Crippen LogP) is 4.25. The van der Waals surface area contributed by atoms with Crippen LogP contribution in [0.2, 0.25) is 0 Å². The number of aliphatic hydroxyl groups is 1. The van der Waals surface area contributed by atoms with Crippen LogP contribution in [-0.4, -0.2) is 22.8 Å². The second-order valence-corrected chi connectivity index (χ2v) is 7.63. The van der Waals surface area contributed by atoms with E-state index < -0.39 is 11.9 Å². The fourth-order valence-corrected chi connectivity index (χ4v) is 4.18. The van der Waals surface area contributed by atoms with E-state index in [0.29, 0.717) is 12.8 Å². The topological polar surface area (TPSA) is 66.4 Å². The van der Waals surface area contributed by atoms with E-state index in [0.717, 1.165) is 30.7 Å². The Morgan fingerprint density at radius 1 is 1.08 bits per heavy atom. The van der Waals surface area contributed by atoms with Crippen molar-refractivity contribution in [2.45, 2.75) is 70.3 Å². The van der Waals surface area contributed by atoms with Crippen LogP contribution in [0.3, 0.4) is 0 Å². The molecule has 2 N–H and O–H groups in total. The number of aryl methyl sites for hydroxylation is 1. The molecule has 4 nitrogen and oxygen atoms in total. The Kier molecular flexibility index (Phi) is 6.48. The summed E-state index contributed by atoms with van der Waals surface area (Å²) >= 11 is 0. The Labute approximate surface area is 155 Å². The third-order valence-electron chi connectivity index (χ3n) is 5.70. The smallest absolute Gasteiger partial charge is 0.259 e. The van der Waals surface area contributed by atoms with Crippen molar-refractivity contribution < 1.29 is 14.7 Å². The molecular formula is C22H29NO3. The summed E-state index contributed by atoms with van der Waals surface area (Å²) in [4.78, 5) is 24.6. The molecule has 1 aliphatic heterocycles. The molecule has 140 valence electrons. The van der Waals surface area contributed by atoms with Crippen LogP contribution in [0.4, 0.5) is 0 Å². The van der Waals surface area contributed by atoms with Gasteiger partial charge in [0.25, 0.3) is 5.91 Å². The molecule has 2 aliphatic rings. The van der Waals surface area contributed by atoms with Gasteiger partial charge in [-0.05, 0) is 30.7 Å². The van der Waals surface area contributed by atoms with Gasteiger partial charge in [-0.25, -0.2) is 0 Å². The van der Waals surface area contributed by atoms with Crippen LogP contribution in [-0.2, 0) is 16.0 Å². The van der Waals surface area contributed by atoms with E-state index in [1.54, 1.807) is 0 Å². The highest BCUT2D eigenvalue weighted by atomic mass is 16.3. The van der Waals surface area contributed by atoms with E-state index in [2.05, 4.69) is 5.32 Å². The zero-order valence-electron chi connectivity index (χ0n) is 15.4. The van der Waals surface area contributed by atoms with Gasteiger partial charge in [0.1, 0.15) is 11.3 Å². The largest absolute Gasteiger partial charge is 0.509 e. The molecule has 26 heavy (non-hydrogen) atoms. The third kappa shape index (κ3) is 4.75. The maximum absolute atomic E-state index is 12.4. The first-order valence-corrected chi connectivity index (χ1v) is 9.96. The lowest BCUT2D eigenvalue weighted by Gasteiger charge is -2.21. The molecule has 1 unspecified atom stereocenters. The van der Waals surface area contributed by atoms with Crippen molar-refractivity contribution in [3.8, 4) is 0 Å². The number of aliphatic hydroxyl groups excluding tert-OH is 1. The maximum Gasteiger partial charge on any atom is 0.259 e. The van der Waals surface area contributed by atoms with E-state index >= 15 is 0 Å². The summed E-state index contributed by atoms with van der Waals surface area (Å²) in [6.07, 6.45) is 10.0. The molecule has 1 aliphatic carbocycles. The van der Waals surface area contributed by atoms with Crippen LogP contribution in [0.5, 0.6) is 0 Å². The molecule has 3 rings (SSSR count). The first-order valence-electron chi connectivity index (χ1n) is 9.96. The number of benzene rings is 1. The molecule has 1 aromatic carbocycles. The predicted molar refractivity (Wildman–Crippen MR) is 102 cm³/mol. The van der Waals surface area contributed by atoms with Crippen molar-refractivity contribution in [3.05, 3.63) is 47.2 Å². The van der Waals surface area contributed by atoms with Crippen LogP contribution in [0.25, 0.3) is 0 Å².